The normalized spacial score (nSPS) is 8.29. The van der Waals surface area contributed by atoms with Crippen LogP contribution in [0.4, 0.5) is 0 Å². The van der Waals surface area contributed by atoms with E-state index in [4.69, 9.17) is 16.0 Å². The van der Waals surface area contributed by atoms with Gasteiger partial charge in [0, 0.05) is 0 Å². The Kier molecular flexibility index (Phi) is 13.6. The van der Waals surface area contributed by atoms with Crippen LogP contribution in [0.3, 0.4) is 0 Å². The maximum absolute atomic E-state index is 8.58. The van der Waals surface area contributed by atoms with Gasteiger partial charge in [0.25, 0.3) is 0 Å². The quantitative estimate of drug-likeness (QED) is 0.369. The van der Waals surface area contributed by atoms with Crippen molar-refractivity contribution in [3.05, 3.63) is 0 Å². The molecule has 7 heavy (non-hydrogen) atoms. The van der Waals surface area contributed by atoms with Gasteiger partial charge in [-0.1, -0.05) is 0 Å². The van der Waals surface area contributed by atoms with Gasteiger partial charge in [0.1, 0.15) is 0 Å². The van der Waals surface area contributed by atoms with Gasteiger partial charge in [-0.25, -0.2) is 0 Å². The molecule has 0 fully saturated rings. The summed E-state index contributed by atoms with van der Waals surface area (Å²) in [6.07, 6.45) is 0. The van der Waals surface area contributed by atoms with Gasteiger partial charge in [0.15, 0.2) is 0 Å². The van der Waals surface area contributed by atoms with Gasteiger partial charge in [-0.15, -0.1) is 0 Å². The van der Waals surface area contributed by atoms with Gasteiger partial charge < -0.3 is 0 Å². The standard InChI is InChI=1S/Al.Ca.Mn.4O/q+3;+2;;;;2*-1. The summed E-state index contributed by atoms with van der Waals surface area (Å²) in [5, 5.41) is 0. The fourth-order valence-corrected chi connectivity index (χ4v) is 0. The second kappa shape index (κ2) is 5.96. The summed E-state index contributed by atoms with van der Waals surface area (Å²) in [6.45, 7) is 0. The molecule has 7 heteroatoms. The average Bonchev–Trinajstić information content (AvgIpc) is 0.722. The van der Waals surface area contributed by atoms with Crippen molar-refractivity contribution in [2.45, 2.75) is 0 Å². The zero-order valence-corrected chi connectivity index (χ0v) is 7.84. The molecule has 0 spiro atoms. The molecule has 0 heterocycles. The van der Waals surface area contributed by atoms with Gasteiger partial charge >= 0.3 is 84.5 Å². The first-order valence-electron chi connectivity index (χ1n) is 0.617. The monoisotopic (exact) mass is 186 g/mol. The molecule has 0 aromatic carbocycles. The van der Waals surface area contributed by atoms with Gasteiger partial charge in [0.05, 0.1) is 0 Å². The van der Waals surface area contributed by atoms with Crippen molar-refractivity contribution in [2.75, 3.05) is 0 Å². The molecule has 0 bridgehead atoms. The molecule has 0 aliphatic carbocycles. The van der Waals surface area contributed by atoms with Crippen LogP contribution in [0.1, 0.15) is 0 Å². The molecule has 0 N–H and O–H groups in total. The molecule has 0 rings (SSSR count). The van der Waals surface area contributed by atoms with E-state index in [1.54, 1.807) is 0 Å². The molecule has 0 saturated carbocycles. The Balaban J connectivity index is -0.0000000800. The third-order valence-electron chi connectivity index (χ3n) is 0. The zero-order chi connectivity index (χ0) is 4.50. The second-order valence-electron chi connectivity index (χ2n) is 0.378. The predicted octanol–water partition coefficient (Wildman–Crippen LogP) is -3.38. The topological polar surface area (TPSA) is 80.3 Å². The molecule has 4 nitrogen and oxygen atoms in total. The van der Waals surface area contributed by atoms with Crippen LogP contribution < -0.4 is 8.38 Å². The van der Waals surface area contributed by atoms with Crippen LogP contribution in [0.5, 0.6) is 0 Å². The van der Waals surface area contributed by atoms with Crippen molar-refractivity contribution < 1.29 is 29.4 Å². The fourth-order valence-electron chi connectivity index (χ4n) is 0. The van der Waals surface area contributed by atoms with Crippen molar-refractivity contribution in [2.24, 2.45) is 0 Å². The van der Waals surface area contributed by atoms with Crippen LogP contribution in [0, 0.1) is 0 Å². The zero-order valence-electron chi connectivity index (χ0n) is 3.30. The predicted molar refractivity (Wildman–Crippen MR) is 12.9 cm³/mol. The molecule has 0 atom stereocenters. The van der Waals surface area contributed by atoms with E-state index in [0.717, 1.165) is 0 Å². The summed E-state index contributed by atoms with van der Waals surface area (Å²) in [7, 11) is 0. The maximum atomic E-state index is 8.58. The Bertz CT molecular complexity index is 94.9. The van der Waals surface area contributed by atoms with Crippen LogP contribution in [-0.2, 0) is 21.0 Å². The molecule has 0 aromatic rings. The Labute approximate surface area is 83.3 Å². The Morgan fingerprint density at radius 2 is 1.14 bits per heavy atom. The summed E-state index contributed by atoms with van der Waals surface area (Å²) in [5.41, 5.74) is 0. The first kappa shape index (κ1) is 15.9. The molecule has 33 valence electrons. The van der Waals surface area contributed by atoms with Crippen LogP contribution in [0.2, 0.25) is 0 Å². The number of hydrogen-bond donors (Lipinski definition) is 0. The summed E-state index contributed by atoms with van der Waals surface area (Å²) in [5.74, 6) is 0. The van der Waals surface area contributed by atoms with E-state index in [9.17, 15) is 0 Å². The van der Waals surface area contributed by atoms with Crippen molar-refractivity contribution in [1.29, 1.82) is 0 Å². The van der Waals surface area contributed by atoms with Crippen molar-refractivity contribution >= 4 is 55.1 Å². The average molecular weight is 186 g/mol. The summed E-state index contributed by atoms with van der Waals surface area (Å²) in [4.78, 5) is 0. The molecule has 0 unspecified atom stereocenters. The second-order valence-corrected chi connectivity index (χ2v) is 1.56. The number of rotatable bonds is 0. The molecule has 0 aromatic heterocycles. The molecule has 0 aliphatic heterocycles. The van der Waals surface area contributed by atoms with Crippen LogP contribution in [-0.4, -0.2) is 55.1 Å². The number of hydrogen-bond acceptors (Lipinski definition) is 4. The molecular weight excluding hydrogens is 186 g/mol. The van der Waals surface area contributed by atoms with Crippen LogP contribution >= 0.6 is 0 Å². The third-order valence-corrected chi connectivity index (χ3v) is 0. The minimum absolute atomic E-state index is 0. The molecule has 0 radical (unpaired) electrons. The SMILES string of the molecule is [Al+3].[Ca+2].[O]=[Mn](=[O])([O-])[O-]. The Morgan fingerprint density at radius 1 is 1.14 bits per heavy atom. The van der Waals surface area contributed by atoms with Crippen molar-refractivity contribution in [3.8, 4) is 0 Å². The fraction of sp³-hybridized carbons (Fsp3) is 0. The molecule has 0 amide bonds. The van der Waals surface area contributed by atoms with Gasteiger partial charge in [-0.2, -0.15) is 0 Å². The van der Waals surface area contributed by atoms with Gasteiger partial charge in [-0.05, 0) is 0 Å². The van der Waals surface area contributed by atoms with Crippen LogP contribution in [0.15, 0.2) is 0 Å². The van der Waals surface area contributed by atoms with E-state index in [1.165, 1.54) is 0 Å². The van der Waals surface area contributed by atoms with Crippen molar-refractivity contribution in [1.82, 2.24) is 0 Å². The van der Waals surface area contributed by atoms with E-state index in [-0.39, 0.29) is 55.1 Å². The summed E-state index contributed by atoms with van der Waals surface area (Å²) in [6, 6.07) is 0. The first-order valence-corrected chi connectivity index (χ1v) is 2.54. The van der Waals surface area contributed by atoms with E-state index < -0.39 is 13.4 Å². The first-order chi connectivity index (χ1) is 2.00. The molecule has 0 aliphatic rings. The Hall–Kier alpha value is 1.83. The van der Waals surface area contributed by atoms with Crippen molar-refractivity contribution in [3.63, 3.8) is 0 Å². The van der Waals surface area contributed by atoms with E-state index in [1.807, 2.05) is 0 Å². The Morgan fingerprint density at radius 3 is 1.14 bits per heavy atom. The van der Waals surface area contributed by atoms with E-state index >= 15 is 0 Å². The molecular formula is AlCaMnO4+3. The minimum atomic E-state index is -5.62. The van der Waals surface area contributed by atoms with E-state index in [2.05, 4.69) is 0 Å². The van der Waals surface area contributed by atoms with Gasteiger partial charge in [0.2, 0.25) is 0 Å². The third kappa shape index (κ3) is 79.4. The van der Waals surface area contributed by atoms with Gasteiger partial charge in [-0.3, -0.25) is 0 Å². The summed E-state index contributed by atoms with van der Waals surface area (Å²) < 4.78 is 34.3. The summed E-state index contributed by atoms with van der Waals surface area (Å²) >= 11 is -5.62. The van der Waals surface area contributed by atoms with E-state index in [0.29, 0.717) is 0 Å². The van der Waals surface area contributed by atoms with Crippen LogP contribution in [0.25, 0.3) is 0 Å². The molecule has 0 saturated heterocycles.